The van der Waals surface area contributed by atoms with Gasteiger partial charge in [0, 0.05) is 18.7 Å². The Bertz CT molecular complexity index is 1230. The zero-order valence-corrected chi connectivity index (χ0v) is 22.1. The lowest BCUT2D eigenvalue weighted by molar-refractivity contribution is -0.116. The van der Waals surface area contributed by atoms with E-state index in [0.717, 1.165) is 34.4 Å². The van der Waals surface area contributed by atoms with Crippen LogP contribution in [0.2, 0.25) is 0 Å². The standard InChI is InChI=1S/C32H37NO3/c1-7-9-24-12-15-26(23-10-13-25(14-11-23)31(35)36-8-2)20-28(24)27-16-17-30(33-19-18-22(3)34)29(21-27)32(4,5)6/h7,10-17,20-21,33H,1,8-9,18-19H2,2-6H3. The van der Waals surface area contributed by atoms with Gasteiger partial charge in [-0.2, -0.15) is 0 Å². The Kier molecular flexibility index (Phi) is 8.87. The third-order valence-electron chi connectivity index (χ3n) is 6.13. The fourth-order valence-corrected chi connectivity index (χ4v) is 4.23. The molecule has 3 aromatic carbocycles. The first kappa shape index (κ1) is 26.9. The zero-order valence-electron chi connectivity index (χ0n) is 22.1. The molecule has 0 amide bonds. The maximum Gasteiger partial charge on any atom is 0.338 e. The van der Waals surface area contributed by atoms with Gasteiger partial charge in [-0.25, -0.2) is 4.79 Å². The summed E-state index contributed by atoms with van der Waals surface area (Å²) in [5.41, 5.74) is 8.35. The molecular formula is C32H37NO3. The largest absolute Gasteiger partial charge is 0.462 e. The molecule has 188 valence electrons. The average molecular weight is 484 g/mol. The average Bonchev–Trinajstić information content (AvgIpc) is 2.84. The van der Waals surface area contributed by atoms with Crippen LogP contribution in [0.3, 0.4) is 0 Å². The fraction of sp³-hybridized carbons (Fsp3) is 0.312. The first-order valence-electron chi connectivity index (χ1n) is 12.5. The van der Waals surface area contributed by atoms with Gasteiger partial charge in [0.15, 0.2) is 0 Å². The molecule has 0 aliphatic rings. The SMILES string of the molecule is C=CCc1ccc(-c2ccc(C(=O)OCC)cc2)cc1-c1ccc(NCCC(C)=O)c(C(C)(C)C)c1. The number of benzene rings is 3. The lowest BCUT2D eigenvalue weighted by Gasteiger charge is -2.25. The summed E-state index contributed by atoms with van der Waals surface area (Å²) in [4.78, 5) is 23.4. The van der Waals surface area contributed by atoms with Gasteiger partial charge in [0.25, 0.3) is 0 Å². The summed E-state index contributed by atoms with van der Waals surface area (Å²) in [7, 11) is 0. The highest BCUT2D eigenvalue weighted by molar-refractivity contribution is 5.90. The lowest BCUT2D eigenvalue weighted by Crippen LogP contribution is -2.16. The molecule has 4 heteroatoms. The summed E-state index contributed by atoms with van der Waals surface area (Å²) in [6, 6.07) is 20.5. The van der Waals surface area contributed by atoms with Crippen molar-refractivity contribution in [3.05, 3.63) is 90.0 Å². The van der Waals surface area contributed by atoms with Crippen LogP contribution in [0.4, 0.5) is 5.69 Å². The predicted molar refractivity (Wildman–Crippen MR) is 150 cm³/mol. The second kappa shape index (κ2) is 11.9. The van der Waals surface area contributed by atoms with E-state index in [1.807, 2.05) is 30.3 Å². The van der Waals surface area contributed by atoms with E-state index in [9.17, 15) is 9.59 Å². The lowest BCUT2D eigenvalue weighted by atomic mass is 9.83. The van der Waals surface area contributed by atoms with Gasteiger partial charge in [0.2, 0.25) is 0 Å². The van der Waals surface area contributed by atoms with Crippen LogP contribution in [0.15, 0.2) is 73.3 Å². The van der Waals surface area contributed by atoms with E-state index in [1.54, 1.807) is 13.8 Å². The number of Topliss-reactive ketones (excluding diaryl/α,β-unsaturated/α-hetero) is 1. The second-order valence-electron chi connectivity index (χ2n) is 10.1. The van der Waals surface area contributed by atoms with Crippen molar-refractivity contribution < 1.29 is 14.3 Å². The van der Waals surface area contributed by atoms with Crippen molar-refractivity contribution in [2.24, 2.45) is 0 Å². The van der Waals surface area contributed by atoms with Crippen molar-refractivity contribution in [2.45, 2.75) is 52.9 Å². The molecule has 4 nitrogen and oxygen atoms in total. The minimum absolute atomic E-state index is 0.0757. The highest BCUT2D eigenvalue weighted by atomic mass is 16.5. The van der Waals surface area contributed by atoms with E-state index in [1.165, 1.54) is 11.1 Å². The Morgan fingerprint density at radius 3 is 2.22 bits per heavy atom. The number of hydrogen-bond acceptors (Lipinski definition) is 4. The number of ether oxygens (including phenoxy) is 1. The van der Waals surface area contributed by atoms with Crippen molar-refractivity contribution in [2.75, 3.05) is 18.5 Å². The van der Waals surface area contributed by atoms with Crippen molar-refractivity contribution >= 4 is 17.4 Å². The molecule has 0 radical (unpaired) electrons. The van der Waals surface area contributed by atoms with Gasteiger partial charge in [-0.15, -0.1) is 6.58 Å². The number of ketones is 1. The van der Waals surface area contributed by atoms with E-state index in [2.05, 4.69) is 69.1 Å². The molecule has 36 heavy (non-hydrogen) atoms. The summed E-state index contributed by atoms with van der Waals surface area (Å²) >= 11 is 0. The van der Waals surface area contributed by atoms with E-state index < -0.39 is 0 Å². The van der Waals surface area contributed by atoms with Crippen molar-refractivity contribution in [3.8, 4) is 22.3 Å². The molecule has 0 heterocycles. The smallest absolute Gasteiger partial charge is 0.338 e. The van der Waals surface area contributed by atoms with Gasteiger partial charge in [-0.3, -0.25) is 4.79 Å². The highest BCUT2D eigenvalue weighted by Gasteiger charge is 2.20. The number of carbonyl (C=O) groups is 2. The molecule has 0 saturated carbocycles. The number of nitrogens with one attached hydrogen (secondary N) is 1. The van der Waals surface area contributed by atoms with Crippen LogP contribution in [0.25, 0.3) is 22.3 Å². The first-order valence-corrected chi connectivity index (χ1v) is 12.5. The number of carbonyl (C=O) groups excluding carboxylic acids is 2. The van der Waals surface area contributed by atoms with Gasteiger partial charge in [-0.05, 0) is 89.4 Å². The molecule has 1 N–H and O–H groups in total. The van der Waals surface area contributed by atoms with Gasteiger partial charge >= 0.3 is 5.97 Å². The van der Waals surface area contributed by atoms with Crippen LogP contribution in [0.1, 0.15) is 62.5 Å². The summed E-state index contributed by atoms with van der Waals surface area (Å²) in [6.07, 6.45) is 3.20. The Labute approximate surface area is 215 Å². The number of anilines is 1. The molecule has 0 spiro atoms. The minimum Gasteiger partial charge on any atom is -0.462 e. The van der Waals surface area contributed by atoms with Gasteiger partial charge in [0.1, 0.15) is 5.78 Å². The fourth-order valence-electron chi connectivity index (χ4n) is 4.23. The second-order valence-corrected chi connectivity index (χ2v) is 10.1. The van der Waals surface area contributed by atoms with Gasteiger partial charge < -0.3 is 10.1 Å². The Morgan fingerprint density at radius 2 is 1.61 bits per heavy atom. The van der Waals surface area contributed by atoms with E-state index >= 15 is 0 Å². The van der Waals surface area contributed by atoms with Crippen LogP contribution >= 0.6 is 0 Å². The summed E-state index contributed by atoms with van der Waals surface area (Å²) in [5.74, 6) is -0.129. The third kappa shape index (κ3) is 6.72. The van der Waals surface area contributed by atoms with Crippen molar-refractivity contribution in [1.82, 2.24) is 0 Å². The number of hydrogen-bond donors (Lipinski definition) is 1. The van der Waals surface area contributed by atoms with Gasteiger partial charge in [-0.1, -0.05) is 57.2 Å². The van der Waals surface area contributed by atoms with E-state index in [0.29, 0.717) is 25.1 Å². The summed E-state index contributed by atoms with van der Waals surface area (Å²) < 4.78 is 5.11. The summed E-state index contributed by atoms with van der Waals surface area (Å²) in [6.45, 7) is 15.0. The zero-order chi connectivity index (χ0) is 26.3. The molecule has 0 fully saturated rings. The Balaban J connectivity index is 2.03. The van der Waals surface area contributed by atoms with Crippen molar-refractivity contribution in [3.63, 3.8) is 0 Å². The third-order valence-corrected chi connectivity index (χ3v) is 6.13. The topological polar surface area (TPSA) is 55.4 Å². The molecule has 0 aromatic heterocycles. The van der Waals surface area contributed by atoms with Crippen LogP contribution in [0, 0.1) is 0 Å². The molecule has 0 atom stereocenters. The maximum absolute atomic E-state index is 12.0. The van der Waals surface area contributed by atoms with Crippen LogP contribution in [-0.4, -0.2) is 24.9 Å². The quantitative estimate of drug-likeness (QED) is 0.238. The number of allylic oxidation sites excluding steroid dienone is 1. The molecule has 0 aliphatic carbocycles. The van der Waals surface area contributed by atoms with E-state index in [-0.39, 0.29) is 17.2 Å². The predicted octanol–water partition coefficient (Wildman–Crippen LogP) is 7.61. The molecule has 0 unspecified atom stereocenters. The Morgan fingerprint density at radius 1 is 0.944 bits per heavy atom. The normalized spacial score (nSPS) is 11.1. The van der Waals surface area contributed by atoms with Crippen molar-refractivity contribution in [1.29, 1.82) is 0 Å². The highest BCUT2D eigenvalue weighted by Crippen LogP contribution is 2.36. The minimum atomic E-state index is -0.308. The van der Waals surface area contributed by atoms with Gasteiger partial charge in [0.05, 0.1) is 12.2 Å². The maximum atomic E-state index is 12.0. The number of esters is 1. The van der Waals surface area contributed by atoms with Crippen LogP contribution in [0.5, 0.6) is 0 Å². The molecule has 0 aliphatic heterocycles. The molecule has 0 bridgehead atoms. The van der Waals surface area contributed by atoms with E-state index in [4.69, 9.17) is 4.74 Å². The first-order chi connectivity index (χ1) is 17.1. The molecule has 3 rings (SSSR count). The molecular weight excluding hydrogens is 446 g/mol. The molecule has 0 saturated heterocycles. The van der Waals surface area contributed by atoms with Crippen LogP contribution in [-0.2, 0) is 21.4 Å². The van der Waals surface area contributed by atoms with Crippen LogP contribution < -0.4 is 5.32 Å². The monoisotopic (exact) mass is 483 g/mol. The number of rotatable bonds is 10. The molecule has 3 aromatic rings. The Hall–Kier alpha value is -3.66. The summed E-state index contributed by atoms with van der Waals surface area (Å²) in [5, 5.41) is 3.46.